The molecule has 1 aliphatic carbocycles. The summed E-state index contributed by atoms with van der Waals surface area (Å²) < 4.78 is 0. The summed E-state index contributed by atoms with van der Waals surface area (Å²) in [5.74, 6) is 6.36. The number of hydrogen-bond acceptors (Lipinski definition) is 2. The van der Waals surface area contributed by atoms with Crippen molar-refractivity contribution in [2.24, 2.45) is 17.5 Å². The summed E-state index contributed by atoms with van der Waals surface area (Å²) in [7, 11) is 0. The van der Waals surface area contributed by atoms with E-state index in [4.69, 9.17) is 23.8 Å². The molecule has 4 N–H and O–H groups in total. The van der Waals surface area contributed by atoms with Gasteiger partial charge in [0.25, 0.3) is 0 Å². The van der Waals surface area contributed by atoms with E-state index < -0.39 is 0 Å². The summed E-state index contributed by atoms with van der Waals surface area (Å²) in [5, 5.41) is 1.87. The molecule has 2 unspecified atom stereocenters. The molecule has 0 radical (unpaired) electrons. The Hall–Kier alpha value is -0.350. The molecule has 1 aliphatic rings. The second-order valence-electron chi connectivity index (χ2n) is 3.57. The van der Waals surface area contributed by atoms with Crippen LogP contribution in [0.5, 0.6) is 0 Å². The molecule has 70 valence electrons. The molecule has 12 heavy (non-hydrogen) atoms. The average Bonchev–Trinajstić information content (AvgIpc) is 2.04. The predicted octanol–water partition coefficient (Wildman–Crippen LogP) is 0.984. The molecule has 3 nitrogen and oxygen atoms in total. The SMILES string of the molecule is CC1CCCCC1N(N)C(N)=S. The van der Waals surface area contributed by atoms with Crippen molar-refractivity contribution in [3.63, 3.8) is 0 Å². The maximum atomic E-state index is 5.75. The third-order valence-electron chi connectivity index (χ3n) is 2.68. The van der Waals surface area contributed by atoms with Gasteiger partial charge in [-0.1, -0.05) is 19.8 Å². The summed E-state index contributed by atoms with van der Waals surface area (Å²) in [6.07, 6.45) is 4.91. The Balaban J connectivity index is 2.53. The Morgan fingerprint density at radius 2 is 2.00 bits per heavy atom. The zero-order valence-corrected chi connectivity index (χ0v) is 8.31. The van der Waals surface area contributed by atoms with Gasteiger partial charge in [0.05, 0.1) is 6.04 Å². The first kappa shape index (κ1) is 9.74. The highest BCUT2D eigenvalue weighted by atomic mass is 32.1. The van der Waals surface area contributed by atoms with Crippen LogP contribution in [0.15, 0.2) is 0 Å². The van der Waals surface area contributed by atoms with Crippen LogP contribution >= 0.6 is 12.2 Å². The van der Waals surface area contributed by atoms with Gasteiger partial charge in [-0.2, -0.15) is 0 Å². The van der Waals surface area contributed by atoms with E-state index in [-0.39, 0.29) is 0 Å². The largest absolute Gasteiger partial charge is 0.375 e. The second-order valence-corrected chi connectivity index (χ2v) is 3.99. The molecular formula is C8H17N3S. The number of hydrogen-bond donors (Lipinski definition) is 2. The molecule has 0 aliphatic heterocycles. The van der Waals surface area contributed by atoms with Crippen LogP contribution in [0.3, 0.4) is 0 Å². The molecule has 0 aromatic heterocycles. The van der Waals surface area contributed by atoms with Gasteiger partial charge in [0.2, 0.25) is 0 Å². The van der Waals surface area contributed by atoms with E-state index in [0.29, 0.717) is 17.1 Å². The van der Waals surface area contributed by atoms with Crippen molar-refractivity contribution in [3.05, 3.63) is 0 Å². The minimum Gasteiger partial charge on any atom is -0.375 e. The van der Waals surface area contributed by atoms with Crippen molar-refractivity contribution in [2.75, 3.05) is 0 Å². The fraction of sp³-hybridized carbons (Fsp3) is 0.875. The van der Waals surface area contributed by atoms with E-state index in [1.807, 2.05) is 0 Å². The van der Waals surface area contributed by atoms with Crippen molar-refractivity contribution in [2.45, 2.75) is 38.6 Å². The second kappa shape index (κ2) is 4.05. The van der Waals surface area contributed by atoms with Crippen molar-refractivity contribution in [1.29, 1.82) is 0 Å². The lowest BCUT2D eigenvalue weighted by molar-refractivity contribution is 0.184. The topological polar surface area (TPSA) is 55.3 Å². The average molecular weight is 187 g/mol. The van der Waals surface area contributed by atoms with Gasteiger partial charge in [-0.3, -0.25) is 5.01 Å². The van der Waals surface area contributed by atoms with Crippen LogP contribution in [0.1, 0.15) is 32.6 Å². The molecule has 0 spiro atoms. The first-order valence-corrected chi connectivity index (χ1v) is 4.87. The standard InChI is InChI=1S/C8H17N3S/c1-6-4-2-3-5-7(6)11(10)8(9)12/h6-7H,2-5,10H2,1H3,(H2,9,12). The zero-order valence-electron chi connectivity index (χ0n) is 7.49. The van der Waals surface area contributed by atoms with Crippen molar-refractivity contribution in [3.8, 4) is 0 Å². The summed E-state index contributed by atoms with van der Waals surface area (Å²) >= 11 is 4.83. The van der Waals surface area contributed by atoms with E-state index in [1.54, 1.807) is 5.01 Å². The van der Waals surface area contributed by atoms with Gasteiger partial charge in [0.1, 0.15) is 0 Å². The van der Waals surface area contributed by atoms with Gasteiger partial charge in [0.15, 0.2) is 5.11 Å². The van der Waals surface area contributed by atoms with Gasteiger partial charge < -0.3 is 5.73 Å². The highest BCUT2D eigenvalue weighted by Crippen LogP contribution is 2.26. The lowest BCUT2D eigenvalue weighted by Crippen LogP contribution is -2.51. The number of nitrogens with two attached hydrogens (primary N) is 2. The number of nitrogens with zero attached hydrogens (tertiary/aromatic N) is 1. The first-order valence-electron chi connectivity index (χ1n) is 4.46. The summed E-state index contributed by atoms with van der Waals surface area (Å²) in [6.45, 7) is 2.21. The lowest BCUT2D eigenvalue weighted by Gasteiger charge is -2.35. The quantitative estimate of drug-likeness (QED) is 0.365. The molecule has 0 heterocycles. The molecule has 0 aromatic carbocycles. The van der Waals surface area contributed by atoms with Crippen molar-refractivity contribution >= 4 is 17.3 Å². The number of hydrazine groups is 1. The molecule has 1 rings (SSSR count). The first-order chi connectivity index (χ1) is 5.63. The zero-order chi connectivity index (χ0) is 9.14. The highest BCUT2D eigenvalue weighted by molar-refractivity contribution is 7.80. The Morgan fingerprint density at radius 3 is 2.50 bits per heavy atom. The van der Waals surface area contributed by atoms with E-state index in [1.165, 1.54) is 19.3 Å². The number of rotatable bonds is 1. The van der Waals surface area contributed by atoms with E-state index in [9.17, 15) is 0 Å². The lowest BCUT2D eigenvalue weighted by atomic mass is 9.86. The Morgan fingerprint density at radius 1 is 1.42 bits per heavy atom. The Labute approximate surface area is 79.1 Å². The maximum Gasteiger partial charge on any atom is 0.180 e. The van der Waals surface area contributed by atoms with E-state index in [2.05, 4.69) is 6.92 Å². The minimum atomic E-state index is 0.314. The van der Waals surface area contributed by atoms with Crippen molar-refractivity contribution < 1.29 is 0 Å². The van der Waals surface area contributed by atoms with Gasteiger partial charge >= 0.3 is 0 Å². The molecule has 0 aromatic rings. The number of thiocarbonyl (C=S) groups is 1. The fourth-order valence-electron chi connectivity index (χ4n) is 1.87. The van der Waals surface area contributed by atoms with E-state index >= 15 is 0 Å². The van der Waals surface area contributed by atoms with Crippen LogP contribution in [0.25, 0.3) is 0 Å². The van der Waals surface area contributed by atoms with Gasteiger partial charge in [0, 0.05) is 0 Å². The fourth-order valence-corrected chi connectivity index (χ4v) is 2.01. The van der Waals surface area contributed by atoms with Crippen LogP contribution in [0, 0.1) is 5.92 Å². The predicted molar refractivity (Wildman–Crippen MR) is 54.2 cm³/mol. The molecule has 0 amide bonds. The van der Waals surface area contributed by atoms with Crippen LogP contribution in [0.2, 0.25) is 0 Å². The van der Waals surface area contributed by atoms with Gasteiger partial charge in [-0.25, -0.2) is 5.84 Å². The Bertz CT molecular complexity index is 172. The highest BCUT2D eigenvalue weighted by Gasteiger charge is 2.25. The molecular weight excluding hydrogens is 170 g/mol. The molecule has 2 atom stereocenters. The normalized spacial score (nSPS) is 29.8. The van der Waals surface area contributed by atoms with E-state index in [0.717, 1.165) is 6.42 Å². The molecule has 1 fully saturated rings. The van der Waals surface area contributed by atoms with Gasteiger partial charge in [-0.05, 0) is 31.0 Å². The molecule has 0 saturated heterocycles. The minimum absolute atomic E-state index is 0.314. The van der Waals surface area contributed by atoms with Crippen LogP contribution in [-0.4, -0.2) is 16.2 Å². The summed E-state index contributed by atoms with van der Waals surface area (Å²) in [5.41, 5.74) is 5.46. The summed E-state index contributed by atoms with van der Waals surface area (Å²) in [4.78, 5) is 0. The molecule has 1 saturated carbocycles. The molecule has 4 heteroatoms. The third kappa shape index (κ3) is 2.08. The molecule has 0 bridgehead atoms. The van der Waals surface area contributed by atoms with Crippen molar-refractivity contribution in [1.82, 2.24) is 5.01 Å². The maximum absolute atomic E-state index is 5.75. The van der Waals surface area contributed by atoms with Crippen LogP contribution < -0.4 is 11.6 Å². The summed E-state index contributed by atoms with van der Waals surface area (Å²) in [6, 6.07) is 0.358. The Kier molecular flexibility index (Phi) is 3.29. The third-order valence-corrected chi connectivity index (χ3v) is 2.89. The monoisotopic (exact) mass is 187 g/mol. The van der Waals surface area contributed by atoms with Crippen LogP contribution in [0.4, 0.5) is 0 Å². The smallest absolute Gasteiger partial charge is 0.180 e. The van der Waals surface area contributed by atoms with Gasteiger partial charge in [-0.15, -0.1) is 0 Å². The van der Waals surface area contributed by atoms with Crippen LogP contribution in [-0.2, 0) is 0 Å².